The zero-order chi connectivity index (χ0) is 13.7. The molecule has 5 heteroatoms. The van der Waals surface area contributed by atoms with Gasteiger partial charge in [-0.2, -0.15) is 0 Å². The first-order valence-corrected chi connectivity index (χ1v) is 6.74. The summed E-state index contributed by atoms with van der Waals surface area (Å²) in [4.78, 5) is 23.0. The minimum atomic E-state index is -0.0937. The number of hydrogen-bond donors (Lipinski definition) is 2. The molecule has 0 spiro atoms. The maximum atomic E-state index is 12.0. The molecule has 1 aliphatic rings. The van der Waals surface area contributed by atoms with E-state index >= 15 is 0 Å². The fourth-order valence-electron chi connectivity index (χ4n) is 2.20. The van der Waals surface area contributed by atoms with Gasteiger partial charge in [0.1, 0.15) is 5.76 Å². The van der Waals surface area contributed by atoms with Crippen molar-refractivity contribution in [2.75, 3.05) is 6.54 Å². The van der Waals surface area contributed by atoms with Gasteiger partial charge in [0.2, 0.25) is 11.8 Å². The van der Waals surface area contributed by atoms with E-state index in [1.165, 1.54) is 0 Å². The summed E-state index contributed by atoms with van der Waals surface area (Å²) in [7, 11) is 0. The van der Waals surface area contributed by atoms with E-state index in [1.54, 1.807) is 6.26 Å². The molecular formula is C14H20N2O3. The van der Waals surface area contributed by atoms with Crippen LogP contribution in [0, 0.1) is 5.92 Å². The van der Waals surface area contributed by atoms with Crippen LogP contribution < -0.4 is 10.6 Å². The molecule has 1 aromatic heterocycles. The van der Waals surface area contributed by atoms with Gasteiger partial charge in [0.25, 0.3) is 0 Å². The van der Waals surface area contributed by atoms with Gasteiger partial charge in [-0.15, -0.1) is 0 Å². The number of carbonyl (C=O) groups is 2. The molecule has 1 fully saturated rings. The van der Waals surface area contributed by atoms with Gasteiger partial charge >= 0.3 is 0 Å². The Morgan fingerprint density at radius 2 is 2.47 bits per heavy atom. The van der Waals surface area contributed by atoms with Gasteiger partial charge in [-0.25, -0.2) is 0 Å². The van der Waals surface area contributed by atoms with E-state index in [0.717, 1.165) is 18.6 Å². The quantitative estimate of drug-likeness (QED) is 0.840. The van der Waals surface area contributed by atoms with E-state index in [0.29, 0.717) is 19.4 Å². The Kier molecular flexibility index (Phi) is 4.60. The first-order valence-electron chi connectivity index (χ1n) is 6.74. The maximum Gasteiger partial charge on any atom is 0.225 e. The van der Waals surface area contributed by atoms with Crippen molar-refractivity contribution < 1.29 is 14.0 Å². The van der Waals surface area contributed by atoms with Crippen LogP contribution in [-0.4, -0.2) is 24.4 Å². The van der Waals surface area contributed by atoms with Crippen LogP contribution in [0.25, 0.3) is 0 Å². The predicted octanol–water partition coefficient (Wildman–Crippen LogP) is 1.24. The Morgan fingerprint density at radius 1 is 1.63 bits per heavy atom. The Morgan fingerprint density at radius 3 is 3.11 bits per heavy atom. The number of hydrogen-bond acceptors (Lipinski definition) is 3. The molecule has 2 rings (SSSR count). The van der Waals surface area contributed by atoms with Gasteiger partial charge in [-0.05, 0) is 31.9 Å². The SMILES string of the molecule is CC(CCc1ccco1)NC(=O)C1CCC(=O)NC1. The highest BCUT2D eigenvalue weighted by atomic mass is 16.3. The van der Waals surface area contributed by atoms with Crippen molar-refractivity contribution >= 4 is 11.8 Å². The van der Waals surface area contributed by atoms with E-state index in [9.17, 15) is 9.59 Å². The molecule has 5 nitrogen and oxygen atoms in total. The topological polar surface area (TPSA) is 71.3 Å². The van der Waals surface area contributed by atoms with Crippen LogP contribution in [0.1, 0.15) is 31.9 Å². The van der Waals surface area contributed by atoms with Crippen molar-refractivity contribution in [1.29, 1.82) is 0 Å². The molecule has 0 aliphatic carbocycles. The molecule has 1 aliphatic heterocycles. The smallest absolute Gasteiger partial charge is 0.225 e. The third-order valence-electron chi connectivity index (χ3n) is 3.43. The normalized spacial score (nSPS) is 20.7. The predicted molar refractivity (Wildman–Crippen MR) is 70.4 cm³/mol. The van der Waals surface area contributed by atoms with Crippen molar-refractivity contribution in [3.63, 3.8) is 0 Å². The average Bonchev–Trinajstić information content (AvgIpc) is 2.90. The number of carbonyl (C=O) groups excluding carboxylic acids is 2. The van der Waals surface area contributed by atoms with Crippen LogP contribution in [0.2, 0.25) is 0 Å². The van der Waals surface area contributed by atoms with Crippen LogP contribution in [0.3, 0.4) is 0 Å². The molecule has 1 saturated heterocycles. The first-order chi connectivity index (χ1) is 9.15. The van der Waals surface area contributed by atoms with E-state index in [1.807, 2.05) is 19.1 Å². The van der Waals surface area contributed by atoms with Crippen LogP contribution in [0.15, 0.2) is 22.8 Å². The second kappa shape index (κ2) is 6.41. The van der Waals surface area contributed by atoms with E-state index in [-0.39, 0.29) is 23.8 Å². The standard InChI is InChI=1S/C14H20N2O3/c1-10(4-6-12-3-2-8-19-12)16-14(18)11-5-7-13(17)15-9-11/h2-3,8,10-11H,4-7,9H2,1H3,(H,15,17)(H,16,18). The highest BCUT2D eigenvalue weighted by molar-refractivity contribution is 5.83. The molecule has 0 aromatic carbocycles. The molecular weight excluding hydrogens is 244 g/mol. The monoisotopic (exact) mass is 264 g/mol. The number of nitrogens with one attached hydrogen (secondary N) is 2. The molecule has 0 radical (unpaired) electrons. The minimum absolute atomic E-state index is 0.0342. The number of aryl methyl sites for hydroxylation is 1. The highest BCUT2D eigenvalue weighted by Gasteiger charge is 2.25. The number of amides is 2. The van der Waals surface area contributed by atoms with E-state index in [4.69, 9.17) is 4.42 Å². The first kappa shape index (κ1) is 13.6. The van der Waals surface area contributed by atoms with E-state index < -0.39 is 0 Å². The second-order valence-corrected chi connectivity index (χ2v) is 5.07. The van der Waals surface area contributed by atoms with E-state index in [2.05, 4.69) is 10.6 Å². The third-order valence-corrected chi connectivity index (χ3v) is 3.43. The highest BCUT2D eigenvalue weighted by Crippen LogP contribution is 2.12. The summed E-state index contributed by atoms with van der Waals surface area (Å²) in [5.41, 5.74) is 0. The lowest BCUT2D eigenvalue weighted by atomic mass is 9.98. The Labute approximate surface area is 112 Å². The minimum Gasteiger partial charge on any atom is -0.469 e. The van der Waals surface area contributed by atoms with Crippen molar-refractivity contribution in [2.45, 2.75) is 38.6 Å². The van der Waals surface area contributed by atoms with Crippen LogP contribution in [-0.2, 0) is 16.0 Å². The zero-order valence-corrected chi connectivity index (χ0v) is 11.1. The Balaban J connectivity index is 1.70. The lowest BCUT2D eigenvalue weighted by Crippen LogP contribution is -2.45. The summed E-state index contributed by atoms with van der Waals surface area (Å²) in [5.74, 6) is 0.914. The molecule has 2 amide bonds. The Bertz CT molecular complexity index is 418. The lowest BCUT2D eigenvalue weighted by Gasteiger charge is -2.23. The van der Waals surface area contributed by atoms with Gasteiger partial charge in [-0.1, -0.05) is 0 Å². The molecule has 2 N–H and O–H groups in total. The second-order valence-electron chi connectivity index (χ2n) is 5.07. The van der Waals surface area contributed by atoms with Gasteiger partial charge in [-0.3, -0.25) is 9.59 Å². The number of piperidine rings is 1. The van der Waals surface area contributed by atoms with Gasteiger partial charge in [0, 0.05) is 25.4 Å². The molecule has 0 bridgehead atoms. The van der Waals surface area contributed by atoms with Crippen molar-refractivity contribution in [3.05, 3.63) is 24.2 Å². The molecule has 2 unspecified atom stereocenters. The fraction of sp³-hybridized carbons (Fsp3) is 0.571. The fourth-order valence-corrected chi connectivity index (χ4v) is 2.20. The molecule has 2 atom stereocenters. The van der Waals surface area contributed by atoms with Gasteiger partial charge in [0.05, 0.1) is 12.2 Å². The van der Waals surface area contributed by atoms with Crippen molar-refractivity contribution in [1.82, 2.24) is 10.6 Å². The van der Waals surface area contributed by atoms with Crippen molar-refractivity contribution in [3.8, 4) is 0 Å². The summed E-state index contributed by atoms with van der Waals surface area (Å²) < 4.78 is 5.26. The molecule has 0 saturated carbocycles. The number of furan rings is 1. The zero-order valence-electron chi connectivity index (χ0n) is 11.1. The number of rotatable bonds is 5. The molecule has 2 heterocycles. The summed E-state index contributed by atoms with van der Waals surface area (Å²) in [6.45, 7) is 2.44. The largest absolute Gasteiger partial charge is 0.469 e. The van der Waals surface area contributed by atoms with Crippen LogP contribution >= 0.6 is 0 Å². The van der Waals surface area contributed by atoms with Crippen molar-refractivity contribution in [2.24, 2.45) is 5.92 Å². The van der Waals surface area contributed by atoms with Gasteiger partial charge < -0.3 is 15.1 Å². The summed E-state index contributed by atoms with van der Waals surface area (Å²) in [5, 5.41) is 5.72. The average molecular weight is 264 g/mol. The third kappa shape index (κ3) is 4.12. The van der Waals surface area contributed by atoms with Crippen LogP contribution in [0.5, 0.6) is 0 Å². The summed E-state index contributed by atoms with van der Waals surface area (Å²) in [6, 6.07) is 3.91. The maximum absolute atomic E-state index is 12.0. The lowest BCUT2D eigenvalue weighted by molar-refractivity contribution is -0.129. The molecule has 1 aromatic rings. The summed E-state index contributed by atoms with van der Waals surface area (Å²) >= 11 is 0. The van der Waals surface area contributed by atoms with Gasteiger partial charge in [0.15, 0.2) is 0 Å². The Hall–Kier alpha value is -1.78. The summed E-state index contributed by atoms with van der Waals surface area (Å²) in [6.07, 6.45) is 4.40. The molecule has 104 valence electrons. The molecule has 19 heavy (non-hydrogen) atoms. The van der Waals surface area contributed by atoms with Crippen LogP contribution in [0.4, 0.5) is 0 Å².